The zero-order chi connectivity index (χ0) is 22.4. The lowest BCUT2D eigenvalue weighted by atomic mass is 9.49. The molecular weight excluding hydrogens is 334 g/mol. The Balaban J connectivity index is 2.74. The van der Waals surface area contributed by atoms with E-state index in [4.69, 9.17) is 0 Å². The van der Waals surface area contributed by atoms with E-state index in [-0.39, 0.29) is 23.6 Å². The van der Waals surface area contributed by atoms with Gasteiger partial charge in [0.2, 0.25) is 0 Å². The molecule has 27 heavy (non-hydrogen) atoms. The van der Waals surface area contributed by atoms with Crippen molar-refractivity contribution >= 4 is 0 Å². The van der Waals surface area contributed by atoms with Crippen LogP contribution in [0.15, 0.2) is 18.2 Å². The molecule has 1 aromatic rings. The summed E-state index contributed by atoms with van der Waals surface area (Å²) in [5.74, 6) is 0.549. The minimum atomic E-state index is -1.68. The predicted molar refractivity (Wildman–Crippen MR) is 114 cm³/mol. The summed E-state index contributed by atoms with van der Waals surface area (Å²) in [5, 5.41) is 22.4. The third-order valence-electron chi connectivity index (χ3n) is 7.94. The quantitative estimate of drug-likeness (QED) is 0.723. The molecule has 0 spiro atoms. The fourth-order valence-electron chi connectivity index (χ4n) is 4.63. The molecule has 0 heterocycles. The lowest BCUT2D eigenvalue weighted by molar-refractivity contribution is -0.161. The summed E-state index contributed by atoms with van der Waals surface area (Å²) in [6, 6.07) is 5.28. The normalized spacial score (nSPS) is 31.9. The number of hydrogen-bond acceptors (Lipinski definition) is 3. The van der Waals surface area contributed by atoms with Crippen LogP contribution in [0.2, 0.25) is 0 Å². The molecule has 0 bridgehead atoms. The van der Waals surface area contributed by atoms with Crippen LogP contribution in [0.5, 0.6) is 5.75 Å². The predicted octanol–water partition coefficient (Wildman–Crippen LogP) is 5.12. The Bertz CT molecular complexity index is 736. The summed E-state index contributed by atoms with van der Waals surface area (Å²) in [7, 11) is 1.92. The van der Waals surface area contributed by atoms with E-state index in [0.29, 0.717) is 17.9 Å². The van der Waals surface area contributed by atoms with Gasteiger partial charge in [0.25, 0.3) is 0 Å². The van der Waals surface area contributed by atoms with E-state index in [2.05, 4.69) is 27.7 Å². The Hall–Kier alpha value is -1.06. The first kappa shape index (κ1) is 19.3. The second kappa shape index (κ2) is 7.75. The van der Waals surface area contributed by atoms with Crippen LogP contribution in [0.25, 0.3) is 0 Å². The monoisotopic (exact) mass is 377 g/mol. The third-order valence-corrected chi connectivity index (χ3v) is 7.94. The van der Waals surface area contributed by atoms with Crippen molar-refractivity contribution < 1.29 is 13.0 Å². The van der Waals surface area contributed by atoms with Crippen molar-refractivity contribution in [3.63, 3.8) is 0 Å². The molecule has 2 rings (SSSR count). The van der Waals surface area contributed by atoms with Gasteiger partial charge in [0.15, 0.2) is 0 Å². The highest BCUT2D eigenvalue weighted by molar-refractivity contribution is 5.40. The molecule has 1 aliphatic rings. The van der Waals surface area contributed by atoms with Crippen molar-refractivity contribution in [2.75, 3.05) is 20.1 Å². The van der Waals surface area contributed by atoms with E-state index < -0.39 is 17.4 Å². The van der Waals surface area contributed by atoms with E-state index in [9.17, 15) is 13.0 Å². The van der Waals surface area contributed by atoms with Crippen molar-refractivity contribution in [2.45, 2.75) is 78.7 Å². The highest BCUT2D eigenvalue weighted by atomic mass is 16.3. The van der Waals surface area contributed by atoms with Gasteiger partial charge in [-0.1, -0.05) is 53.7 Å². The van der Waals surface area contributed by atoms with Crippen LogP contribution in [0.3, 0.4) is 0 Å². The van der Waals surface area contributed by atoms with Gasteiger partial charge in [-0.25, -0.2) is 0 Å². The molecule has 2 N–H and O–H groups in total. The zero-order valence-corrected chi connectivity index (χ0v) is 18.6. The summed E-state index contributed by atoms with van der Waals surface area (Å²) in [5.41, 5.74) is -1.02. The lowest BCUT2D eigenvalue weighted by Crippen LogP contribution is -2.62. The Labute approximate surface area is 169 Å². The number of hydrogen-bond donors (Lipinski definition) is 2. The maximum Gasteiger partial charge on any atom is 0.118 e. The second-order valence-corrected chi connectivity index (χ2v) is 9.54. The van der Waals surface area contributed by atoms with Gasteiger partial charge >= 0.3 is 0 Å². The topological polar surface area (TPSA) is 43.7 Å². The summed E-state index contributed by atoms with van der Waals surface area (Å²) >= 11 is 0. The Morgan fingerprint density at radius 3 is 2.52 bits per heavy atom. The van der Waals surface area contributed by atoms with Crippen LogP contribution in [-0.2, 0) is 5.41 Å². The molecule has 1 fully saturated rings. The number of phenols is 1. The smallest absolute Gasteiger partial charge is 0.118 e. The molecular formula is C24H41NO2. The van der Waals surface area contributed by atoms with Crippen LogP contribution >= 0.6 is 0 Å². The number of benzene rings is 1. The first-order valence-corrected chi connectivity index (χ1v) is 10.4. The van der Waals surface area contributed by atoms with Gasteiger partial charge in [-0.15, -0.1) is 0 Å². The van der Waals surface area contributed by atoms with Gasteiger partial charge < -0.3 is 15.1 Å². The first-order chi connectivity index (χ1) is 13.1. The van der Waals surface area contributed by atoms with Gasteiger partial charge in [-0.3, -0.25) is 0 Å². The molecule has 0 saturated heterocycles. The Morgan fingerprint density at radius 1 is 1.33 bits per heavy atom. The van der Waals surface area contributed by atoms with Gasteiger partial charge in [0, 0.05) is 8.16 Å². The average Bonchev–Trinajstić information content (AvgIpc) is 2.64. The molecule has 3 heteroatoms. The molecule has 3 nitrogen and oxygen atoms in total. The number of nitrogens with zero attached hydrogens (tertiary/aromatic N) is 1. The highest BCUT2D eigenvalue weighted by Gasteiger charge is 2.58. The highest BCUT2D eigenvalue weighted by Crippen LogP contribution is 2.57. The summed E-state index contributed by atoms with van der Waals surface area (Å²) in [6.07, 6.45) is -0.258. The molecule has 0 amide bonds. The van der Waals surface area contributed by atoms with Crippen LogP contribution in [0.1, 0.15) is 74.6 Å². The number of aliphatic hydroxyl groups is 1. The van der Waals surface area contributed by atoms with Crippen molar-refractivity contribution in [3.05, 3.63) is 29.3 Å². The first-order valence-electron chi connectivity index (χ1n) is 11.4. The minimum Gasteiger partial charge on any atom is -0.508 e. The Kier molecular flexibility index (Phi) is 5.53. The van der Waals surface area contributed by atoms with Crippen LogP contribution < -0.4 is 0 Å². The number of rotatable bonds is 6. The summed E-state index contributed by atoms with van der Waals surface area (Å²) < 4.78 is 18.4. The third kappa shape index (κ3) is 3.78. The lowest BCUT2D eigenvalue weighted by Gasteiger charge is -2.59. The molecule has 0 aliphatic heterocycles. The van der Waals surface area contributed by atoms with Crippen LogP contribution in [0.4, 0.5) is 0 Å². The largest absolute Gasteiger partial charge is 0.508 e. The molecule has 4 atom stereocenters. The van der Waals surface area contributed by atoms with Crippen molar-refractivity contribution in [2.24, 2.45) is 17.3 Å². The van der Waals surface area contributed by atoms with E-state index in [1.807, 2.05) is 38.8 Å². The van der Waals surface area contributed by atoms with Crippen molar-refractivity contribution in [1.29, 1.82) is 0 Å². The van der Waals surface area contributed by atoms with Crippen LogP contribution in [0, 0.1) is 24.2 Å². The molecule has 1 aliphatic carbocycles. The molecule has 154 valence electrons. The molecule has 1 aromatic carbocycles. The second-order valence-electron chi connectivity index (χ2n) is 9.54. The number of phenolic OH excluding ortho intramolecular Hbond substituents is 1. The molecule has 0 radical (unpaired) electrons. The van der Waals surface area contributed by atoms with Gasteiger partial charge in [0.05, 0.1) is 5.60 Å². The fourth-order valence-corrected chi connectivity index (χ4v) is 4.63. The summed E-state index contributed by atoms with van der Waals surface area (Å²) in [6.45, 7) is 15.4. The van der Waals surface area contributed by atoms with Crippen molar-refractivity contribution in [3.8, 4) is 5.75 Å². The van der Waals surface area contributed by atoms with Gasteiger partial charge in [-0.05, 0) is 80.7 Å². The van der Waals surface area contributed by atoms with E-state index in [1.165, 1.54) is 0 Å². The Morgan fingerprint density at radius 2 is 1.96 bits per heavy atom. The maximum atomic E-state index is 12.3. The average molecular weight is 378 g/mol. The number of aromatic hydroxyl groups is 1. The molecule has 1 saturated carbocycles. The van der Waals surface area contributed by atoms with E-state index in [1.54, 1.807) is 12.1 Å². The van der Waals surface area contributed by atoms with E-state index >= 15 is 0 Å². The van der Waals surface area contributed by atoms with Gasteiger partial charge in [0.1, 0.15) is 5.75 Å². The SMILES string of the molecule is [2H]C([2H])(CN(C)CC)C(C)(c1ccc(O)c(C)c1)C1(O)CCC(C)C(C)(C)C1C. The minimum absolute atomic E-state index is 0.0973. The number of aryl methyl sites for hydroxylation is 1. The van der Waals surface area contributed by atoms with Crippen molar-refractivity contribution in [1.82, 2.24) is 4.90 Å². The summed E-state index contributed by atoms with van der Waals surface area (Å²) in [4.78, 5) is 1.97. The standard InChI is InChI=1S/C24H41NO2/c1-9-25(8)15-14-23(7,20-10-11-21(26)17(2)16-20)24(27)13-12-18(3)22(5,6)19(24)4/h10-11,16,18-19,26-27H,9,12-15H2,1-8H3/i14D2. The fraction of sp³-hybridized carbons (Fsp3) is 0.750. The molecule has 4 unspecified atom stereocenters. The van der Waals surface area contributed by atoms with E-state index in [0.717, 1.165) is 18.5 Å². The zero-order valence-electron chi connectivity index (χ0n) is 20.6. The molecule has 0 aromatic heterocycles. The maximum absolute atomic E-state index is 12.3. The van der Waals surface area contributed by atoms with Gasteiger partial charge in [-0.2, -0.15) is 0 Å². The van der Waals surface area contributed by atoms with Crippen LogP contribution in [-0.4, -0.2) is 40.9 Å².